The molecule has 0 aliphatic carbocycles. The fourth-order valence-corrected chi connectivity index (χ4v) is 29.8. The molecule has 2 rings (SSSR count). The van der Waals surface area contributed by atoms with Gasteiger partial charge in [-0.05, 0) is 0 Å². The molecule has 0 bridgehead atoms. The third-order valence-electron chi connectivity index (χ3n) is 3.86. The normalized spacial score (nSPS) is 24.0. The van der Waals surface area contributed by atoms with Gasteiger partial charge in [-0.2, -0.15) is 0 Å². The van der Waals surface area contributed by atoms with Gasteiger partial charge in [0, 0.05) is 0 Å². The van der Waals surface area contributed by atoms with Crippen molar-refractivity contribution < 1.29 is 19.1 Å². The predicted molar refractivity (Wildman–Crippen MR) is 87.1 cm³/mol. The van der Waals surface area contributed by atoms with E-state index >= 15 is 0 Å². The van der Waals surface area contributed by atoms with Crippen molar-refractivity contribution in [1.29, 1.82) is 0 Å². The number of hydrogen-bond acceptors (Lipinski definition) is 0. The Morgan fingerprint density at radius 3 is 2.16 bits per heavy atom. The van der Waals surface area contributed by atoms with Gasteiger partial charge in [-0.1, -0.05) is 0 Å². The van der Waals surface area contributed by atoms with Crippen LogP contribution >= 0.6 is 25.5 Å². The summed E-state index contributed by atoms with van der Waals surface area (Å²) in [6.07, 6.45) is 1.01. The summed E-state index contributed by atoms with van der Waals surface area (Å²) >= 11 is -3.72. The van der Waals surface area contributed by atoms with Crippen molar-refractivity contribution in [2.24, 2.45) is 0 Å². The van der Waals surface area contributed by atoms with Gasteiger partial charge in [0.15, 0.2) is 0 Å². The topological polar surface area (TPSA) is 0 Å². The quantitative estimate of drug-likeness (QED) is 0.642. The second kappa shape index (κ2) is 5.70. The van der Waals surface area contributed by atoms with Gasteiger partial charge in [0.05, 0.1) is 0 Å². The maximum atomic E-state index is 6.63. The van der Waals surface area contributed by atoms with Crippen molar-refractivity contribution in [2.45, 2.75) is 26.0 Å². The molecule has 1 aromatic carbocycles. The molecular weight excluding hydrogens is 395 g/mol. The molecule has 0 saturated carbocycles. The first-order chi connectivity index (χ1) is 8.70. The van der Waals surface area contributed by atoms with Crippen molar-refractivity contribution in [3.63, 3.8) is 0 Å². The molecule has 1 aliphatic heterocycles. The zero-order chi connectivity index (χ0) is 14.3. The van der Waals surface area contributed by atoms with Crippen molar-refractivity contribution >= 4 is 46.3 Å². The van der Waals surface area contributed by atoms with Crippen molar-refractivity contribution in [1.82, 2.24) is 0 Å². The number of quaternary nitrogens is 1. The van der Waals surface area contributed by atoms with Crippen LogP contribution in [0, 0.1) is 0 Å². The molecule has 1 nitrogen and oxygen atoms in total. The van der Waals surface area contributed by atoms with Gasteiger partial charge in [-0.25, -0.2) is 0 Å². The average molecular weight is 413 g/mol. The molecule has 0 radical (unpaired) electrons. The first-order valence-corrected chi connectivity index (χ1v) is 20.5. The minimum absolute atomic E-state index is 0.705. The van der Waals surface area contributed by atoms with Gasteiger partial charge in [0.2, 0.25) is 0 Å². The van der Waals surface area contributed by atoms with Crippen molar-refractivity contribution in [3.8, 4) is 0 Å². The second-order valence-electron chi connectivity index (χ2n) is 5.92. The summed E-state index contributed by atoms with van der Waals surface area (Å²) in [5.41, 5.74) is 2.47. The molecule has 1 atom stereocenters. The molecular formula is C12H18BCl3NSiZr+. The molecule has 0 saturated heterocycles. The van der Waals surface area contributed by atoms with E-state index in [9.17, 15) is 0 Å². The van der Waals surface area contributed by atoms with E-state index in [1.54, 1.807) is 0 Å². The Balaban J connectivity index is 2.61. The Hall–Kier alpha value is 1.08. The van der Waals surface area contributed by atoms with Crippen LogP contribution in [0.2, 0.25) is 26.0 Å². The SMILES string of the molecule is C[Si](C)(C)[N+]1([Zr]([Cl])([Cl])[Cl])CCB=C1c1ccccc1. The third kappa shape index (κ3) is 2.87. The molecule has 1 aliphatic rings. The average Bonchev–Trinajstić information content (AvgIpc) is 2.74. The van der Waals surface area contributed by atoms with E-state index < -0.39 is 25.2 Å². The maximum absolute atomic E-state index is 6.63. The summed E-state index contributed by atoms with van der Waals surface area (Å²) in [6, 6.07) is 10.4. The summed E-state index contributed by atoms with van der Waals surface area (Å²) in [5, 5.41) is 0. The first-order valence-electron chi connectivity index (χ1n) is 6.41. The molecule has 0 N–H and O–H groups in total. The van der Waals surface area contributed by atoms with E-state index in [0.717, 1.165) is 12.9 Å². The monoisotopic (exact) mass is 410 g/mol. The van der Waals surface area contributed by atoms with Crippen molar-refractivity contribution in [2.75, 3.05) is 6.54 Å². The molecule has 102 valence electrons. The molecule has 1 heterocycles. The molecule has 19 heavy (non-hydrogen) atoms. The Morgan fingerprint density at radius 2 is 1.68 bits per heavy atom. The van der Waals surface area contributed by atoms with E-state index in [4.69, 9.17) is 25.5 Å². The Morgan fingerprint density at radius 1 is 1.11 bits per heavy atom. The van der Waals surface area contributed by atoms with E-state index in [0.29, 0.717) is 2.09 Å². The second-order valence-corrected chi connectivity index (χ2v) is 29.4. The number of rotatable bonds is 3. The Labute approximate surface area is 132 Å². The van der Waals surface area contributed by atoms with E-state index in [1.807, 2.05) is 6.07 Å². The third-order valence-corrected chi connectivity index (χ3v) is 24.5. The van der Waals surface area contributed by atoms with Crippen LogP contribution in [0.4, 0.5) is 0 Å². The van der Waals surface area contributed by atoms with Gasteiger partial charge >= 0.3 is 134 Å². The predicted octanol–water partition coefficient (Wildman–Crippen LogP) is 4.48. The first kappa shape index (κ1) is 16.5. The molecule has 1 aromatic rings. The molecule has 7 heteroatoms. The van der Waals surface area contributed by atoms with Crippen LogP contribution < -0.4 is 0 Å². The zero-order valence-electron chi connectivity index (χ0n) is 11.5. The summed E-state index contributed by atoms with van der Waals surface area (Å²) < 4.78 is 0.705. The van der Waals surface area contributed by atoms with Gasteiger partial charge in [-0.3, -0.25) is 0 Å². The van der Waals surface area contributed by atoms with E-state index in [2.05, 4.69) is 50.8 Å². The molecule has 1 unspecified atom stereocenters. The molecule has 0 spiro atoms. The fraction of sp³-hybridized carbons (Fsp3) is 0.417. The van der Waals surface area contributed by atoms with E-state index in [-0.39, 0.29) is 0 Å². The number of nitrogens with zero attached hydrogens (tertiary/aromatic N) is 1. The fourth-order valence-electron chi connectivity index (χ4n) is 2.96. The van der Waals surface area contributed by atoms with Crippen LogP contribution in [0.25, 0.3) is 0 Å². The zero-order valence-corrected chi connectivity index (χ0v) is 17.2. The van der Waals surface area contributed by atoms with Crippen LogP contribution in [-0.2, 0) is 17.0 Å². The molecule has 0 fully saturated rings. The summed E-state index contributed by atoms with van der Waals surface area (Å²) in [4.78, 5) is 0. The van der Waals surface area contributed by atoms with Crippen LogP contribution in [0.15, 0.2) is 30.3 Å². The van der Waals surface area contributed by atoms with Gasteiger partial charge in [-0.15, -0.1) is 0 Å². The summed E-state index contributed by atoms with van der Waals surface area (Å²) in [6.45, 7) is 10.2. The van der Waals surface area contributed by atoms with Crippen LogP contribution in [-0.4, -0.2) is 29.4 Å². The van der Waals surface area contributed by atoms with Gasteiger partial charge in [0.1, 0.15) is 0 Å². The number of hydrogen-bond donors (Lipinski definition) is 0. The standard InChI is InChI=1S/C12H18BNSi.3ClH.Zr/c1-15(2,3)14-10-9-13-12(14)11-7-5-4-6-8-11;;;;/h4-8H,9-10H2,1-3H3;3*1H;/q;;;;+4/p-3. The summed E-state index contributed by atoms with van der Waals surface area (Å²) in [5.74, 6) is 0. The Kier molecular flexibility index (Phi) is 4.94. The molecule has 0 amide bonds. The minimum atomic E-state index is -3.72. The van der Waals surface area contributed by atoms with Crippen LogP contribution in [0.1, 0.15) is 5.56 Å². The van der Waals surface area contributed by atoms with E-state index in [1.165, 1.54) is 11.2 Å². The van der Waals surface area contributed by atoms with Gasteiger partial charge < -0.3 is 0 Å². The number of halogens is 3. The summed E-state index contributed by atoms with van der Waals surface area (Å²) in [7, 11) is 18.2. The Bertz CT molecular complexity index is 482. The molecule has 0 aromatic heterocycles. The van der Waals surface area contributed by atoms with Crippen molar-refractivity contribution in [3.05, 3.63) is 35.9 Å². The van der Waals surface area contributed by atoms with Crippen LogP contribution in [0.3, 0.4) is 0 Å². The van der Waals surface area contributed by atoms with Gasteiger partial charge in [0.25, 0.3) is 0 Å². The number of benzene rings is 1. The van der Waals surface area contributed by atoms with Crippen LogP contribution in [0.5, 0.6) is 0 Å².